The van der Waals surface area contributed by atoms with Crippen molar-refractivity contribution in [3.05, 3.63) is 102 Å². The quantitative estimate of drug-likeness (QED) is 0.460. The molecule has 2 aliphatic carbocycles. The first-order chi connectivity index (χ1) is 13.1. The summed E-state index contributed by atoms with van der Waals surface area (Å²) < 4.78 is 0. The van der Waals surface area contributed by atoms with Crippen LogP contribution < -0.4 is 0 Å². The third kappa shape index (κ3) is 2.67. The van der Waals surface area contributed by atoms with Crippen LogP contribution in [0.4, 0.5) is 0 Å². The molecule has 2 fully saturated rings. The summed E-state index contributed by atoms with van der Waals surface area (Å²) in [6.07, 6.45) is 1.31. The van der Waals surface area contributed by atoms with Crippen molar-refractivity contribution in [2.45, 2.75) is 42.2 Å². The van der Waals surface area contributed by atoms with Gasteiger partial charge >= 0.3 is 0 Å². The highest BCUT2D eigenvalue weighted by atomic mass is 32.2. The van der Waals surface area contributed by atoms with E-state index in [1.165, 1.54) is 22.4 Å². The predicted octanol–water partition coefficient (Wildman–Crippen LogP) is 7.14. The van der Waals surface area contributed by atoms with Gasteiger partial charge in [-0.1, -0.05) is 92.7 Å². The van der Waals surface area contributed by atoms with Gasteiger partial charge in [0.25, 0.3) is 0 Å². The fraction of sp³-hybridized carbons (Fsp3) is 0.308. The van der Waals surface area contributed by atoms with Crippen LogP contribution in [0.2, 0.25) is 0 Å². The van der Waals surface area contributed by atoms with Crippen LogP contribution in [-0.4, -0.2) is 5.25 Å². The molecule has 0 nitrogen and oxygen atoms in total. The first-order valence-corrected chi connectivity index (χ1v) is 10.8. The molecule has 3 aromatic rings. The molecule has 0 heterocycles. The molecule has 3 aromatic carbocycles. The van der Waals surface area contributed by atoms with E-state index in [-0.39, 0.29) is 0 Å². The maximum Gasteiger partial charge on any atom is 0.0234 e. The molecule has 5 atom stereocenters. The molecule has 0 radical (unpaired) electrons. The Morgan fingerprint density at radius 2 is 1.22 bits per heavy atom. The summed E-state index contributed by atoms with van der Waals surface area (Å²) in [5, 5.41) is 0.640. The Morgan fingerprint density at radius 1 is 0.704 bits per heavy atom. The molecule has 2 aliphatic rings. The molecule has 5 rings (SSSR count). The molecule has 1 heteroatoms. The smallest absolute Gasteiger partial charge is 0.0234 e. The van der Waals surface area contributed by atoms with Crippen molar-refractivity contribution in [3.63, 3.8) is 0 Å². The summed E-state index contributed by atoms with van der Waals surface area (Å²) in [7, 11) is 0. The molecule has 27 heavy (non-hydrogen) atoms. The number of rotatable bonds is 5. The third-order valence-corrected chi connectivity index (χ3v) is 8.83. The van der Waals surface area contributed by atoms with Gasteiger partial charge in [-0.2, -0.15) is 0 Å². The minimum Gasteiger partial charge on any atom is -0.121 e. The predicted molar refractivity (Wildman–Crippen MR) is 115 cm³/mol. The topological polar surface area (TPSA) is 0 Å². The van der Waals surface area contributed by atoms with Crippen LogP contribution in [0.15, 0.2) is 95.9 Å². The van der Waals surface area contributed by atoms with E-state index in [1.807, 2.05) is 0 Å². The SMILES string of the molecule is C[C@@]1([C@@]2(C)C[C@@H]2c2ccccc2)[C@H](Sc2ccccc2)[C@@H]1c1ccccc1. The van der Waals surface area contributed by atoms with E-state index in [0.717, 1.165) is 0 Å². The first-order valence-electron chi connectivity index (χ1n) is 9.96. The molecule has 0 N–H and O–H groups in total. The molecule has 0 spiro atoms. The van der Waals surface area contributed by atoms with Crippen molar-refractivity contribution in [2.75, 3.05) is 0 Å². The lowest BCUT2D eigenvalue weighted by atomic mass is 9.82. The zero-order valence-corrected chi connectivity index (χ0v) is 16.8. The standard InChI is InChI=1S/C26H26S/c1-25(18-22(25)19-12-6-3-7-13-19)26(2)23(20-14-8-4-9-15-20)24(26)27-21-16-10-5-11-17-21/h3-17,22-24H,18H2,1-2H3/t22-,23+,24-,25+,26+/m1/s1. The lowest BCUT2D eigenvalue weighted by Crippen LogP contribution is -2.17. The molecule has 136 valence electrons. The zero-order valence-electron chi connectivity index (χ0n) is 16.0. The molecule has 0 bridgehead atoms. The van der Waals surface area contributed by atoms with Gasteiger partial charge in [0, 0.05) is 16.1 Å². The second kappa shape index (κ2) is 6.27. The molecule has 0 amide bonds. The molecular weight excluding hydrogens is 344 g/mol. The van der Waals surface area contributed by atoms with Crippen LogP contribution in [0.5, 0.6) is 0 Å². The molecule has 0 aromatic heterocycles. The van der Waals surface area contributed by atoms with Gasteiger partial charge in [0.1, 0.15) is 0 Å². The normalized spacial score (nSPS) is 34.2. The van der Waals surface area contributed by atoms with Gasteiger partial charge < -0.3 is 0 Å². The Balaban J connectivity index is 1.48. The van der Waals surface area contributed by atoms with E-state index < -0.39 is 0 Å². The van der Waals surface area contributed by atoms with E-state index in [9.17, 15) is 0 Å². The van der Waals surface area contributed by atoms with Crippen LogP contribution in [0.1, 0.15) is 43.2 Å². The number of hydrogen-bond acceptors (Lipinski definition) is 1. The van der Waals surface area contributed by atoms with Gasteiger partial charge in [0.05, 0.1) is 0 Å². The van der Waals surface area contributed by atoms with E-state index in [2.05, 4.69) is 117 Å². The fourth-order valence-corrected chi connectivity index (χ4v) is 7.07. The number of benzene rings is 3. The molecule has 2 saturated carbocycles. The second-order valence-electron chi connectivity index (χ2n) is 8.61. The Hall–Kier alpha value is -1.99. The zero-order chi connectivity index (χ0) is 18.5. The van der Waals surface area contributed by atoms with Crippen LogP contribution in [0.3, 0.4) is 0 Å². The lowest BCUT2D eigenvalue weighted by molar-refractivity contribution is 0.318. The molecular formula is C26H26S. The van der Waals surface area contributed by atoms with Crippen LogP contribution >= 0.6 is 11.8 Å². The van der Waals surface area contributed by atoms with Gasteiger partial charge in [-0.15, -0.1) is 11.8 Å². The van der Waals surface area contributed by atoms with Crippen molar-refractivity contribution in [1.29, 1.82) is 0 Å². The van der Waals surface area contributed by atoms with Crippen molar-refractivity contribution >= 4 is 11.8 Å². The Labute approximate surface area is 167 Å². The average Bonchev–Trinajstić information content (AvgIpc) is 3.59. The summed E-state index contributed by atoms with van der Waals surface area (Å²) in [6, 6.07) is 33.3. The molecule has 0 saturated heterocycles. The van der Waals surface area contributed by atoms with Crippen molar-refractivity contribution < 1.29 is 0 Å². The van der Waals surface area contributed by atoms with E-state index in [4.69, 9.17) is 0 Å². The maximum atomic E-state index is 2.55. The fourth-order valence-electron chi connectivity index (χ4n) is 5.30. The van der Waals surface area contributed by atoms with Crippen LogP contribution in [0.25, 0.3) is 0 Å². The summed E-state index contributed by atoms with van der Waals surface area (Å²) in [4.78, 5) is 1.40. The van der Waals surface area contributed by atoms with Crippen molar-refractivity contribution in [3.8, 4) is 0 Å². The van der Waals surface area contributed by atoms with Gasteiger partial charge in [0.15, 0.2) is 0 Å². The van der Waals surface area contributed by atoms with Gasteiger partial charge in [-0.05, 0) is 46.4 Å². The monoisotopic (exact) mass is 370 g/mol. The Morgan fingerprint density at radius 3 is 1.81 bits per heavy atom. The summed E-state index contributed by atoms with van der Waals surface area (Å²) in [6.45, 7) is 5.08. The minimum atomic E-state index is 0.329. The Bertz CT molecular complexity index is 920. The van der Waals surface area contributed by atoms with E-state index >= 15 is 0 Å². The van der Waals surface area contributed by atoms with Gasteiger partial charge in [0.2, 0.25) is 0 Å². The summed E-state index contributed by atoms with van der Waals surface area (Å²) >= 11 is 2.08. The van der Waals surface area contributed by atoms with Gasteiger partial charge in [-0.25, -0.2) is 0 Å². The summed E-state index contributed by atoms with van der Waals surface area (Å²) in [5.74, 6) is 1.32. The minimum absolute atomic E-state index is 0.329. The summed E-state index contributed by atoms with van der Waals surface area (Å²) in [5.41, 5.74) is 3.73. The average molecular weight is 371 g/mol. The first kappa shape index (κ1) is 17.1. The van der Waals surface area contributed by atoms with E-state index in [1.54, 1.807) is 0 Å². The van der Waals surface area contributed by atoms with E-state index in [0.29, 0.717) is 27.9 Å². The van der Waals surface area contributed by atoms with Gasteiger partial charge in [-0.3, -0.25) is 0 Å². The molecule has 0 unspecified atom stereocenters. The number of hydrogen-bond donors (Lipinski definition) is 0. The van der Waals surface area contributed by atoms with Crippen LogP contribution in [0, 0.1) is 10.8 Å². The highest BCUT2D eigenvalue weighted by Crippen LogP contribution is 2.83. The largest absolute Gasteiger partial charge is 0.121 e. The maximum absolute atomic E-state index is 2.55. The Kier molecular flexibility index (Phi) is 3.98. The lowest BCUT2D eigenvalue weighted by Gasteiger charge is -2.23. The highest BCUT2D eigenvalue weighted by Gasteiger charge is 2.76. The highest BCUT2D eigenvalue weighted by molar-refractivity contribution is 8.00. The second-order valence-corrected chi connectivity index (χ2v) is 9.82. The van der Waals surface area contributed by atoms with Crippen molar-refractivity contribution in [1.82, 2.24) is 0 Å². The van der Waals surface area contributed by atoms with Crippen LogP contribution in [-0.2, 0) is 0 Å². The number of thioether (sulfide) groups is 1. The molecule has 0 aliphatic heterocycles. The van der Waals surface area contributed by atoms with Crippen molar-refractivity contribution in [2.24, 2.45) is 10.8 Å². The third-order valence-electron chi connectivity index (χ3n) is 7.27.